The normalized spacial score (nSPS) is 16.6. The maximum atomic E-state index is 4.98. The van der Waals surface area contributed by atoms with Gasteiger partial charge in [0.2, 0.25) is 0 Å². The Morgan fingerprint density at radius 1 is 1.06 bits per heavy atom. The Bertz CT molecular complexity index is 116. The highest BCUT2D eigenvalue weighted by Gasteiger charge is 2.13. The van der Waals surface area contributed by atoms with Gasteiger partial charge in [0.15, 0.2) is 0 Å². The first-order valence-electron chi connectivity index (χ1n) is 7.50. The van der Waals surface area contributed by atoms with Gasteiger partial charge in [-0.25, -0.2) is 0 Å². The molecule has 1 aliphatic heterocycles. The van der Waals surface area contributed by atoms with Crippen molar-refractivity contribution < 1.29 is 4.74 Å². The second-order valence-corrected chi connectivity index (χ2v) is 4.35. The molecular formula is C15H35NO. The van der Waals surface area contributed by atoms with Crippen LogP contribution in [0.1, 0.15) is 60.3 Å². The van der Waals surface area contributed by atoms with Crippen molar-refractivity contribution in [3.05, 3.63) is 0 Å². The number of ether oxygens (including phenoxy) is 1. The number of likely N-dealkylation sites (tertiary alicyclic amines) is 1. The van der Waals surface area contributed by atoms with E-state index in [9.17, 15) is 0 Å². The van der Waals surface area contributed by atoms with Crippen molar-refractivity contribution in [1.29, 1.82) is 0 Å². The van der Waals surface area contributed by atoms with Crippen molar-refractivity contribution >= 4 is 0 Å². The molecule has 1 heterocycles. The lowest BCUT2D eigenvalue weighted by molar-refractivity contribution is 0.148. The van der Waals surface area contributed by atoms with Gasteiger partial charge in [-0.3, -0.25) is 0 Å². The predicted octanol–water partition coefficient (Wildman–Crippen LogP) is 4.20. The molecule has 1 saturated heterocycles. The number of hydrogen-bond acceptors (Lipinski definition) is 2. The lowest BCUT2D eigenvalue weighted by Gasteiger charge is -2.27. The van der Waals surface area contributed by atoms with E-state index in [-0.39, 0.29) is 0 Å². The van der Waals surface area contributed by atoms with Gasteiger partial charge >= 0.3 is 0 Å². The zero-order valence-electron chi connectivity index (χ0n) is 13.1. The molecule has 0 unspecified atom stereocenters. The lowest BCUT2D eigenvalue weighted by Crippen LogP contribution is -2.29. The van der Waals surface area contributed by atoms with Gasteiger partial charge in [0.25, 0.3) is 0 Å². The van der Waals surface area contributed by atoms with E-state index in [1.54, 1.807) is 0 Å². The van der Waals surface area contributed by atoms with E-state index in [0.717, 1.165) is 25.6 Å². The van der Waals surface area contributed by atoms with Crippen molar-refractivity contribution in [2.24, 2.45) is 5.92 Å². The van der Waals surface area contributed by atoms with Crippen molar-refractivity contribution in [3.8, 4) is 0 Å². The largest absolute Gasteiger partial charge is 0.382 e. The molecule has 0 aromatic heterocycles. The Kier molecular flexibility index (Phi) is 18.0. The standard InChI is InChI=1S/C8H17N.C5H12O.C2H6/c1-3-8-4-6-9(2)7-5-8;1-3-5-6-4-2;1-2/h8H,3-7H2,1-2H3;3-5H2,1-2H3;1-2H3. The fraction of sp³-hybridized carbons (Fsp3) is 1.00. The first-order chi connectivity index (χ1) is 8.24. The maximum Gasteiger partial charge on any atom is 0.0463 e. The Morgan fingerprint density at radius 2 is 1.59 bits per heavy atom. The van der Waals surface area contributed by atoms with Crippen LogP contribution in [-0.2, 0) is 4.74 Å². The average molecular weight is 245 g/mol. The number of piperidine rings is 1. The third-order valence-corrected chi connectivity index (χ3v) is 2.97. The summed E-state index contributed by atoms with van der Waals surface area (Å²) in [6.07, 6.45) is 5.36. The maximum absolute atomic E-state index is 4.98. The first kappa shape index (κ1) is 19.3. The smallest absolute Gasteiger partial charge is 0.0463 e. The van der Waals surface area contributed by atoms with Gasteiger partial charge in [0, 0.05) is 13.2 Å². The monoisotopic (exact) mass is 245 g/mol. The van der Waals surface area contributed by atoms with Crippen LogP contribution < -0.4 is 0 Å². The Hall–Kier alpha value is -0.0800. The minimum Gasteiger partial charge on any atom is -0.382 e. The topological polar surface area (TPSA) is 12.5 Å². The van der Waals surface area contributed by atoms with Crippen molar-refractivity contribution in [2.45, 2.75) is 60.3 Å². The van der Waals surface area contributed by atoms with E-state index >= 15 is 0 Å². The summed E-state index contributed by atoms with van der Waals surface area (Å²) in [7, 11) is 2.21. The fourth-order valence-electron chi connectivity index (χ4n) is 1.76. The summed E-state index contributed by atoms with van der Waals surface area (Å²) in [6, 6.07) is 0. The van der Waals surface area contributed by atoms with E-state index in [2.05, 4.69) is 25.8 Å². The zero-order valence-corrected chi connectivity index (χ0v) is 13.1. The van der Waals surface area contributed by atoms with Gasteiger partial charge in [-0.05, 0) is 52.2 Å². The van der Waals surface area contributed by atoms with Gasteiger partial charge in [0.1, 0.15) is 0 Å². The summed E-state index contributed by atoms with van der Waals surface area (Å²) in [5.74, 6) is 1.03. The van der Waals surface area contributed by atoms with E-state index in [4.69, 9.17) is 4.74 Å². The zero-order chi connectivity index (χ0) is 13.5. The van der Waals surface area contributed by atoms with Crippen LogP contribution in [0.4, 0.5) is 0 Å². The van der Waals surface area contributed by atoms with Crippen LogP contribution in [0.25, 0.3) is 0 Å². The number of rotatable bonds is 4. The molecule has 0 N–H and O–H groups in total. The molecule has 0 aromatic carbocycles. The Balaban J connectivity index is 0. The third-order valence-electron chi connectivity index (χ3n) is 2.97. The van der Waals surface area contributed by atoms with Crippen LogP contribution in [-0.4, -0.2) is 38.3 Å². The van der Waals surface area contributed by atoms with Crippen LogP contribution in [0, 0.1) is 5.92 Å². The SMILES string of the molecule is CC.CCC1CCN(C)CC1.CCCOCC. The molecule has 2 heteroatoms. The molecule has 0 saturated carbocycles. The molecule has 1 rings (SSSR count). The second-order valence-electron chi connectivity index (χ2n) is 4.35. The molecule has 0 radical (unpaired) electrons. The van der Waals surface area contributed by atoms with E-state index in [1.807, 2.05) is 20.8 Å². The van der Waals surface area contributed by atoms with Gasteiger partial charge in [0.05, 0.1) is 0 Å². The van der Waals surface area contributed by atoms with Crippen LogP contribution in [0.3, 0.4) is 0 Å². The van der Waals surface area contributed by atoms with Crippen LogP contribution >= 0.6 is 0 Å². The molecule has 106 valence electrons. The number of nitrogens with zero attached hydrogens (tertiary/aromatic N) is 1. The summed E-state index contributed by atoms with van der Waals surface area (Å²) in [5, 5.41) is 0. The third kappa shape index (κ3) is 13.9. The molecule has 0 spiro atoms. The van der Waals surface area contributed by atoms with Gasteiger partial charge < -0.3 is 9.64 Å². The molecule has 1 aliphatic rings. The minimum atomic E-state index is 0.855. The van der Waals surface area contributed by atoms with E-state index in [0.29, 0.717) is 0 Å². The van der Waals surface area contributed by atoms with Crippen molar-refractivity contribution in [3.63, 3.8) is 0 Å². The summed E-state index contributed by atoms with van der Waals surface area (Å²) < 4.78 is 4.98. The average Bonchev–Trinajstić information content (AvgIpc) is 2.40. The summed E-state index contributed by atoms with van der Waals surface area (Å²) in [4.78, 5) is 2.42. The summed E-state index contributed by atoms with van der Waals surface area (Å²) in [5.41, 5.74) is 0. The Morgan fingerprint density at radius 3 is 1.88 bits per heavy atom. The van der Waals surface area contributed by atoms with Gasteiger partial charge in [-0.1, -0.05) is 34.1 Å². The lowest BCUT2D eigenvalue weighted by atomic mass is 9.95. The van der Waals surface area contributed by atoms with E-state index in [1.165, 1.54) is 32.4 Å². The molecule has 0 atom stereocenters. The Labute approximate surface area is 110 Å². The molecular weight excluding hydrogens is 210 g/mol. The summed E-state index contributed by atoms with van der Waals surface area (Å²) >= 11 is 0. The molecule has 0 bridgehead atoms. The quantitative estimate of drug-likeness (QED) is 0.688. The van der Waals surface area contributed by atoms with Crippen LogP contribution in [0.5, 0.6) is 0 Å². The molecule has 2 nitrogen and oxygen atoms in total. The minimum absolute atomic E-state index is 0.855. The van der Waals surface area contributed by atoms with Crippen LogP contribution in [0.2, 0.25) is 0 Å². The van der Waals surface area contributed by atoms with Crippen LogP contribution in [0.15, 0.2) is 0 Å². The number of hydrogen-bond donors (Lipinski definition) is 0. The van der Waals surface area contributed by atoms with Gasteiger partial charge in [-0.15, -0.1) is 0 Å². The highest BCUT2D eigenvalue weighted by molar-refractivity contribution is 4.67. The first-order valence-corrected chi connectivity index (χ1v) is 7.50. The molecule has 17 heavy (non-hydrogen) atoms. The van der Waals surface area contributed by atoms with Gasteiger partial charge in [-0.2, -0.15) is 0 Å². The van der Waals surface area contributed by atoms with E-state index < -0.39 is 0 Å². The van der Waals surface area contributed by atoms with Crippen molar-refractivity contribution in [1.82, 2.24) is 4.90 Å². The van der Waals surface area contributed by atoms with Crippen molar-refractivity contribution in [2.75, 3.05) is 33.4 Å². The predicted molar refractivity (Wildman–Crippen MR) is 78.6 cm³/mol. The molecule has 0 amide bonds. The fourth-order valence-corrected chi connectivity index (χ4v) is 1.76. The molecule has 1 fully saturated rings. The second kappa shape index (κ2) is 15.9. The summed E-state index contributed by atoms with van der Waals surface area (Å²) in [6.45, 7) is 14.8. The molecule has 0 aromatic rings. The highest BCUT2D eigenvalue weighted by Crippen LogP contribution is 2.18. The molecule has 0 aliphatic carbocycles. The highest BCUT2D eigenvalue weighted by atomic mass is 16.5.